The minimum atomic E-state index is 1.21. The van der Waals surface area contributed by atoms with E-state index in [1.165, 1.54) is 49.4 Å². The van der Waals surface area contributed by atoms with Gasteiger partial charge < -0.3 is 9.80 Å². The maximum atomic E-state index is 2.31. The van der Waals surface area contributed by atoms with E-state index in [1.54, 1.807) is 9.80 Å². The van der Waals surface area contributed by atoms with Crippen molar-refractivity contribution >= 4 is 0 Å². The highest BCUT2D eigenvalue weighted by Gasteiger charge is 2.20. The third-order valence-electron chi connectivity index (χ3n) is 3.75. The van der Waals surface area contributed by atoms with Crippen LogP contribution in [0.5, 0.6) is 0 Å². The van der Waals surface area contributed by atoms with E-state index in [1.807, 2.05) is 0 Å². The fourth-order valence-corrected chi connectivity index (χ4v) is 2.52. The molecule has 1 aromatic rings. The third-order valence-corrected chi connectivity index (χ3v) is 3.75. The first kappa shape index (κ1) is 11.6. The SMILES string of the molecule is Cc1ccc(C[NH+]2CC[NH+](C)CC2)c(C)c1. The monoisotopic (exact) mass is 220 g/mol. The molecule has 1 saturated heterocycles. The van der Waals surface area contributed by atoms with Crippen LogP contribution in [0.4, 0.5) is 0 Å². The fraction of sp³-hybridized carbons (Fsp3) is 0.571. The Morgan fingerprint density at radius 1 is 1.06 bits per heavy atom. The van der Waals surface area contributed by atoms with Gasteiger partial charge in [0.15, 0.2) is 0 Å². The molecule has 0 spiro atoms. The van der Waals surface area contributed by atoms with E-state index in [9.17, 15) is 0 Å². The molecule has 0 bridgehead atoms. The number of benzene rings is 1. The Labute approximate surface area is 98.9 Å². The molecule has 1 fully saturated rings. The first-order chi connectivity index (χ1) is 7.65. The third kappa shape index (κ3) is 2.83. The number of rotatable bonds is 2. The van der Waals surface area contributed by atoms with Crippen LogP contribution in [-0.2, 0) is 6.54 Å². The minimum absolute atomic E-state index is 1.21. The molecule has 1 heterocycles. The van der Waals surface area contributed by atoms with Gasteiger partial charge in [0.2, 0.25) is 0 Å². The molecule has 0 radical (unpaired) electrons. The van der Waals surface area contributed by atoms with Crippen LogP contribution >= 0.6 is 0 Å². The van der Waals surface area contributed by atoms with E-state index in [0.29, 0.717) is 0 Å². The molecule has 16 heavy (non-hydrogen) atoms. The number of hydrogen-bond donors (Lipinski definition) is 2. The molecule has 0 amide bonds. The number of hydrogen-bond acceptors (Lipinski definition) is 0. The molecule has 0 unspecified atom stereocenters. The van der Waals surface area contributed by atoms with Crippen LogP contribution in [0.1, 0.15) is 16.7 Å². The number of nitrogens with one attached hydrogen (secondary N) is 2. The zero-order valence-corrected chi connectivity index (χ0v) is 10.8. The summed E-state index contributed by atoms with van der Waals surface area (Å²) in [5.74, 6) is 0. The maximum Gasteiger partial charge on any atom is 0.127 e. The molecule has 2 N–H and O–H groups in total. The predicted octanol–water partition coefficient (Wildman–Crippen LogP) is -0.783. The van der Waals surface area contributed by atoms with Gasteiger partial charge in [0.05, 0.1) is 7.05 Å². The number of likely N-dealkylation sites (N-methyl/N-ethyl adjacent to an activating group) is 1. The highest BCUT2D eigenvalue weighted by atomic mass is 15.2. The molecular formula is C14H24N2+2. The summed E-state index contributed by atoms with van der Waals surface area (Å²) in [6.07, 6.45) is 0. The van der Waals surface area contributed by atoms with Crippen molar-refractivity contribution in [2.24, 2.45) is 0 Å². The fourth-order valence-electron chi connectivity index (χ4n) is 2.52. The van der Waals surface area contributed by atoms with Crippen LogP contribution in [0.15, 0.2) is 18.2 Å². The van der Waals surface area contributed by atoms with Crippen molar-refractivity contribution in [3.63, 3.8) is 0 Å². The number of piperazine rings is 1. The lowest BCUT2D eigenvalue weighted by Gasteiger charge is -2.27. The Bertz CT molecular complexity index is 352. The van der Waals surface area contributed by atoms with E-state index < -0.39 is 0 Å². The summed E-state index contributed by atoms with van der Waals surface area (Å²) in [5, 5.41) is 0. The number of quaternary nitrogens is 2. The number of aryl methyl sites for hydroxylation is 2. The molecule has 2 rings (SSSR count). The Morgan fingerprint density at radius 3 is 2.38 bits per heavy atom. The van der Waals surface area contributed by atoms with Crippen LogP contribution < -0.4 is 9.80 Å². The summed E-state index contributed by atoms with van der Waals surface area (Å²) in [4.78, 5) is 3.43. The van der Waals surface area contributed by atoms with Crippen LogP contribution in [0.3, 0.4) is 0 Å². The van der Waals surface area contributed by atoms with Crippen LogP contribution in [0.25, 0.3) is 0 Å². The molecule has 1 aliphatic heterocycles. The zero-order chi connectivity index (χ0) is 11.5. The Balaban J connectivity index is 1.98. The van der Waals surface area contributed by atoms with Crippen molar-refractivity contribution in [3.8, 4) is 0 Å². The zero-order valence-electron chi connectivity index (χ0n) is 10.8. The summed E-state index contributed by atoms with van der Waals surface area (Å²) < 4.78 is 0. The smallest absolute Gasteiger partial charge is 0.127 e. The lowest BCUT2D eigenvalue weighted by atomic mass is 10.1. The van der Waals surface area contributed by atoms with Crippen molar-refractivity contribution < 1.29 is 9.80 Å². The maximum absolute atomic E-state index is 2.31. The van der Waals surface area contributed by atoms with Crippen molar-refractivity contribution in [2.75, 3.05) is 33.2 Å². The molecule has 88 valence electrons. The standard InChI is InChI=1S/C14H22N2/c1-12-4-5-14(13(2)10-12)11-16-8-6-15(3)7-9-16/h4-5,10H,6-9,11H2,1-3H3/p+2. The molecule has 2 heteroatoms. The van der Waals surface area contributed by atoms with Crippen molar-refractivity contribution in [1.29, 1.82) is 0 Å². The van der Waals surface area contributed by atoms with Gasteiger partial charge in [-0.15, -0.1) is 0 Å². The van der Waals surface area contributed by atoms with Crippen molar-refractivity contribution in [2.45, 2.75) is 20.4 Å². The van der Waals surface area contributed by atoms with Crippen LogP contribution in [0, 0.1) is 13.8 Å². The highest BCUT2D eigenvalue weighted by Crippen LogP contribution is 2.08. The van der Waals surface area contributed by atoms with Gasteiger partial charge in [0.25, 0.3) is 0 Å². The summed E-state index contributed by atoms with van der Waals surface area (Å²) in [6, 6.07) is 6.85. The van der Waals surface area contributed by atoms with E-state index in [0.717, 1.165) is 0 Å². The van der Waals surface area contributed by atoms with Gasteiger partial charge in [0, 0.05) is 5.56 Å². The summed E-state index contributed by atoms with van der Waals surface area (Å²) in [6.45, 7) is 10.9. The summed E-state index contributed by atoms with van der Waals surface area (Å²) in [5.41, 5.74) is 4.36. The predicted molar refractivity (Wildman–Crippen MR) is 66.9 cm³/mol. The molecule has 2 nitrogen and oxygen atoms in total. The molecule has 0 aromatic heterocycles. The van der Waals surface area contributed by atoms with Crippen LogP contribution in [-0.4, -0.2) is 33.2 Å². The van der Waals surface area contributed by atoms with Gasteiger partial charge >= 0.3 is 0 Å². The Kier molecular flexibility index (Phi) is 3.62. The second-order valence-electron chi connectivity index (χ2n) is 5.31. The largest absolute Gasteiger partial charge is 0.328 e. The van der Waals surface area contributed by atoms with E-state index in [2.05, 4.69) is 39.1 Å². The molecule has 0 saturated carbocycles. The molecular weight excluding hydrogens is 196 g/mol. The first-order valence-electron chi connectivity index (χ1n) is 6.36. The topological polar surface area (TPSA) is 8.88 Å². The van der Waals surface area contributed by atoms with E-state index >= 15 is 0 Å². The van der Waals surface area contributed by atoms with Crippen molar-refractivity contribution in [3.05, 3.63) is 34.9 Å². The van der Waals surface area contributed by atoms with Gasteiger partial charge in [-0.2, -0.15) is 0 Å². The second kappa shape index (κ2) is 4.98. The summed E-state index contributed by atoms with van der Waals surface area (Å²) >= 11 is 0. The molecule has 1 aliphatic rings. The van der Waals surface area contributed by atoms with Gasteiger partial charge in [-0.1, -0.05) is 23.8 Å². The first-order valence-corrected chi connectivity index (χ1v) is 6.36. The van der Waals surface area contributed by atoms with Gasteiger partial charge in [-0.3, -0.25) is 0 Å². The van der Waals surface area contributed by atoms with E-state index in [4.69, 9.17) is 0 Å². The Hall–Kier alpha value is -0.860. The highest BCUT2D eigenvalue weighted by molar-refractivity contribution is 5.29. The Morgan fingerprint density at radius 2 is 1.75 bits per heavy atom. The second-order valence-corrected chi connectivity index (χ2v) is 5.31. The molecule has 0 atom stereocenters. The average molecular weight is 220 g/mol. The average Bonchev–Trinajstić information content (AvgIpc) is 2.25. The van der Waals surface area contributed by atoms with Crippen LogP contribution in [0.2, 0.25) is 0 Å². The molecule has 1 aromatic carbocycles. The minimum Gasteiger partial charge on any atom is -0.328 e. The van der Waals surface area contributed by atoms with Gasteiger partial charge in [-0.05, 0) is 19.4 Å². The molecule has 0 aliphatic carbocycles. The van der Waals surface area contributed by atoms with E-state index in [-0.39, 0.29) is 0 Å². The van der Waals surface area contributed by atoms with Crippen molar-refractivity contribution in [1.82, 2.24) is 0 Å². The normalized spacial score (nSPS) is 25.7. The quantitative estimate of drug-likeness (QED) is 0.647. The lowest BCUT2D eigenvalue weighted by molar-refractivity contribution is -1.01. The summed E-state index contributed by atoms with van der Waals surface area (Å²) in [7, 11) is 2.30. The van der Waals surface area contributed by atoms with Gasteiger partial charge in [-0.25, -0.2) is 0 Å². The lowest BCUT2D eigenvalue weighted by Crippen LogP contribution is -3.26. The van der Waals surface area contributed by atoms with Gasteiger partial charge in [0.1, 0.15) is 32.7 Å².